The largest absolute Gasteiger partial charge is 0.480 e. The van der Waals surface area contributed by atoms with Crippen LogP contribution in [-0.2, 0) is 0 Å². The fourth-order valence-corrected chi connectivity index (χ4v) is 1.45. The molecule has 2 heterocycles. The third kappa shape index (κ3) is 1.80. The van der Waals surface area contributed by atoms with E-state index in [1.165, 1.54) is 19.5 Å². The van der Waals surface area contributed by atoms with E-state index in [-0.39, 0.29) is 0 Å². The lowest BCUT2D eigenvalue weighted by atomic mass is 10.4. The normalized spacial score (nSPS) is 10.1. The number of rotatable bonds is 2. The number of aromatic nitrogens is 4. The van der Waals surface area contributed by atoms with Crippen LogP contribution in [0.2, 0.25) is 4.47 Å². The van der Waals surface area contributed by atoms with Gasteiger partial charge in [-0.2, -0.15) is 4.37 Å². The van der Waals surface area contributed by atoms with E-state index in [0.29, 0.717) is 21.9 Å². The second kappa shape index (κ2) is 3.85. The van der Waals surface area contributed by atoms with Crippen molar-refractivity contribution in [2.45, 2.75) is 0 Å². The summed E-state index contributed by atoms with van der Waals surface area (Å²) in [7, 11) is 1.53. The molecule has 0 fully saturated rings. The smallest absolute Gasteiger partial charge is 0.232 e. The van der Waals surface area contributed by atoms with Crippen LogP contribution in [0.15, 0.2) is 12.4 Å². The van der Waals surface area contributed by atoms with Crippen molar-refractivity contribution >= 4 is 23.1 Å². The Balaban J connectivity index is 2.33. The van der Waals surface area contributed by atoms with Gasteiger partial charge >= 0.3 is 0 Å². The topological polar surface area (TPSA) is 60.8 Å². The Kier molecular flexibility index (Phi) is 2.55. The molecule has 0 bridgehead atoms. The number of halogens is 1. The molecule has 0 radical (unpaired) electrons. The molecule has 2 aromatic rings. The van der Waals surface area contributed by atoms with E-state index >= 15 is 0 Å². The molecule has 0 N–H and O–H groups in total. The highest BCUT2D eigenvalue weighted by molar-refractivity contribution is 7.10. The first kappa shape index (κ1) is 9.29. The molecule has 0 saturated heterocycles. The lowest BCUT2D eigenvalue weighted by Gasteiger charge is -1.97. The van der Waals surface area contributed by atoms with Crippen molar-refractivity contribution in [3.8, 4) is 17.4 Å². The van der Waals surface area contributed by atoms with Crippen LogP contribution in [-0.4, -0.2) is 26.4 Å². The SMILES string of the molecule is COc1cnc(-c2nsc(Cl)n2)cn1. The fraction of sp³-hybridized carbons (Fsp3) is 0.143. The molecule has 0 atom stereocenters. The highest BCUT2D eigenvalue weighted by atomic mass is 35.5. The Morgan fingerprint density at radius 2 is 2.21 bits per heavy atom. The zero-order valence-electron chi connectivity index (χ0n) is 7.14. The summed E-state index contributed by atoms with van der Waals surface area (Å²) in [5.74, 6) is 0.935. The highest BCUT2D eigenvalue weighted by Crippen LogP contribution is 2.18. The third-order valence-electron chi connectivity index (χ3n) is 1.47. The van der Waals surface area contributed by atoms with E-state index in [9.17, 15) is 0 Å². The van der Waals surface area contributed by atoms with Gasteiger partial charge in [0.2, 0.25) is 10.3 Å². The van der Waals surface area contributed by atoms with Crippen LogP contribution in [0.1, 0.15) is 0 Å². The minimum atomic E-state index is 0.387. The van der Waals surface area contributed by atoms with Gasteiger partial charge < -0.3 is 4.74 Å². The lowest BCUT2D eigenvalue weighted by Crippen LogP contribution is -1.91. The van der Waals surface area contributed by atoms with Gasteiger partial charge in [0.25, 0.3) is 0 Å². The quantitative estimate of drug-likeness (QED) is 0.782. The summed E-state index contributed by atoms with van der Waals surface area (Å²) in [6.07, 6.45) is 3.04. The van der Waals surface area contributed by atoms with Crippen molar-refractivity contribution in [1.29, 1.82) is 0 Å². The third-order valence-corrected chi connectivity index (χ3v) is 2.27. The molecule has 0 spiro atoms. The average Bonchev–Trinajstić information content (AvgIpc) is 2.65. The van der Waals surface area contributed by atoms with Gasteiger partial charge in [0, 0.05) is 0 Å². The van der Waals surface area contributed by atoms with Crippen molar-refractivity contribution in [2.75, 3.05) is 7.11 Å². The predicted molar refractivity (Wildman–Crippen MR) is 52.5 cm³/mol. The molecule has 5 nitrogen and oxygen atoms in total. The summed E-state index contributed by atoms with van der Waals surface area (Å²) in [5.41, 5.74) is 0.578. The van der Waals surface area contributed by atoms with Crippen molar-refractivity contribution in [3.63, 3.8) is 0 Å². The van der Waals surface area contributed by atoms with Gasteiger partial charge in [0.15, 0.2) is 5.82 Å². The first-order chi connectivity index (χ1) is 6.79. The fourth-order valence-electron chi connectivity index (χ4n) is 0.846. The van der Waals surface area contributed by atoms with Gasteiger partial charge in [0.05, 0.1) is 19.5 Å². The Morgan fingerprint density at radius 3 is 2.71 bits per heavy atom. The van der Waals surface area contributed by atoms with E-state index in [4.69, 9.17) is 16.3 Å². The van der Waals surface area contributed by atoms with Gasteiger partial charge in [-0.15, -0.1) is 0 Å². The Hall–Kier alpha value is -1.27. The maximum Gasteiger partial charge on any atom is 0.232 e. The minimum absolute atomic E-state index is 0.387. The zero-order valence-corrected chi connectivity index (χ0v) is 8.71. The van der Waals surface area contributed by atoms with Crippen LogP contribution in [0, 0.1) is 0 Å². The second-order valence-electron chi connectivity index (χ2n) is 2.31. The molecule has 0 aliphatic carbocycles. The van der Waals surface area contributed by atoms with Crippen LogP contribution >= 0.6 is 23.1 Å². The van der Waals surface area contributed by atoms with Gasteiger partial charge in [-0.25, -0.2) is 15.0 Å². The molecule has 14 heavy (non-hydrogen) atoms. The second-order valence-corrected chi connectivity index (χ2v) is 3.65. The van der Waals surface area contributed by atoms with Crippen molar-refractivity contribution in [3.05, 3.63) is 16.9 Å². The number of nitrogens with zero attached hydrogens (tertiary/aromatic N) is 4. The monoisotopic (exact) mass is 228 g/mol. The number of ether oxygens (including phenoxy) is 1. The van der Waals surface area contributed by atoms with Gasteiger partial charge in [-0.3, -0.25) is 0 Å². The maximum absolute atomic E-state index is 5.64. The summed E-state index contributed by atoms with van der Waals surface area (Å²) in [6, 6.07) is 0. The molecule has 2 aromatic heterocycles. The van der Waals surface area contributed by atoms with Crippen LogP contribution in [0.25, 0.3) is 11.5 Å². The van der Waals surface area contributed by atoms with Gasteiger partial charge in [-0.05, 0) is 23.1 Å². The Labute approximate surface area is 88.9 Å². The molecule has 0 aromatic carbocycles. The molecule has 72 valence electrons. The van der Waals surface area contributed by atoms with Crippen LogP contribution < -0.4 is 4.74 Å². The van der Waals surface area contributed by atoms with E-state index < -0.39 is 0 Å². The first-order valence-electron chi connectivity index (χ1n) is 3.65. The number of hydrogen-bond acceptors (Lipinski definition) is 6. The van der Waals surface area contributed by atoms with E-state index in [0.717, 1.165) is 11.5 Å². The van der Waals surface area contributed by atoms with Crippen molar-refractivity contribution in [1.82, 2.24) is 19.3 Å². The highest BCUT2D eigenvalue weighted by Gasteiger charge is 2.06. The Bertz CT molecular complexity index is 430. The minimum Gasteiger partial charge on any atom is -0.480 e. The molecule has 0 saturated carbocycles. The molecular weight excluding hydrogens is 224 g/mol. The van der Waals surface area contributed by atoms with Crippen molar-refractivity contribution in [2.24, 2.45) is 0 Å². The van der Waals surface area contributed by atoms with E-state index in [1.54, 1.807) is 0 Å². The average molecular weight is 229 g/mol. The summed E-state index contributed by atoms with van der Waals surface area (Å²) in [4.78, 5) is 12.0. The van der Waals surface area contributed by atoms with Crippen LogP contribution in [0.4, 0.5) is 0 Å². The summed E-state index contributed by atoms with van der Waals surface area (Å²) < 4.78 is 9.26. The van der Waals surface area contributed by atoms with Crippen LogP contribution in [0.3, 0.4) is 0 Å². The summed E-state index contributed by atoms with van der Waals surface area (Å²) >= 11 is 6.76. The van der Waals surface area contributed by atoms with Gasteiger partial charge in [-0.1, -0.05) is 0 Å². The molecule has 0 aliphatic heterocycles. The lowest BCUT2D eigenvalue weighted by molar-refractivity contribution is 0.396. The van der Waals surface area contributed by atoms with Crippen LogP contribution in [0.5, 0.6) is 5.88 Å². The van der Waals surface area contributed by atoms with E-state index in [2.05, 4.69) is 19.3 Å². The molecule has 0 unspecified atom stereocenters. The molecule has 0 amide bonds. The van der Waals surface area contributed by atoms with Crippen molar-refractivity contribution < 1.29 is 4.74 Å². The standard InChI is InChI=1S/C7H5ClN4OS/c1-13-5-3-9-4(2-10-5)6-11-7(8)14-12-6/h2-3H,1H3. The molecular formula is C7H5ClN4OS. The van der Waals surface area contributed by atoms with E-state index in [1.807, 2.05) is 0 Å². The molecule has 7 heteroatoms. The predicted octanol–water partition coefficient (Wildman–Crippen LogP) is 1.66. The maximum atomic E-state index is 5.64. The zero-order chi connectivity index (χ0) is 9.97. The Morgan fingerprint density at radius 1 is 1.36 bits per heavy atom. The number of methoxy groups -OCH3 is 1. The summed E-state index contributed by atoms with van der Waals surface area (Å²) in [6.45, 7) is 0. The first-order valence-corrected chi connectivity index (χ1v) is 4.80. The van der Waals surface area contributed by atoms with Gasteiger partial charge in [0.1, 0.15) is 5.69 Å². The summed E-state index contributed by atoms with van der Waals surface area (Å²) in [5, 5.41) is 0. The molecule has 2 rings (SSSR count). The molecule has 0 aliphatic rings. The number of hydrogen-bond donors (Lipinski definition) is 0.